The van der Waals surface area contributed by atoms with Crippen molar-refractivity contribution in [1.29, 1.82) is 0 Å². The van der Waals surface area contributed by atoms with Crippen LogP contribution in [-0.4, -0.2) is 43.2 Å². The number of aryl methyl sites for hydroxylation is 1. The molecule has 1 heterocycles. The van der Waals surface area contributed by atoms with Crippen molar-refractivity contribution >= 4 is 5.91 Å². The van der Waals surface area contributed by atoms with Gasteiger partial charge in [0.1, 0.15) is 0 Å². The van der Waals surface area contributed by atoms with Crippen LogP contribution in [0.1, 0.15) is 30.4 Å². The monoisotopic (exact) mass is 290 g/mol. The minimum atomic E-state index is 0.222. The van der Waals surface area contributed by atoms with Gasteiger partial charge in [0.05, 0.1) is 12.5 Å². The number of hydrogen-bond donors (Lipinski definition) is 1. The Morgan fingerprint density at radius 2 is 1.95 bits per heavy atom. The molecule has 1 aliphatic rings. The minimum Gasteiger partial charge on any atom is -0.378 e. The second kappa shape index (κ2) is 8.15. The highest BCUT2D eigenvalue weighted by molar-refractivity contribution is 5.78. The number of piperidine rings is 1. The van der Waals surface area contributed by atoms with Crippen LogP contribution >= 0.6 is 0 Å². The largest absolute Gasteiger partial charge is 0.378 e. The normalized spacial score (nSPS) is 16.2. The number of ether oxygens (including phenoxy) is 1. The van der Waals surface area contributed by atoms with Gasteiger partial charge in [-0.3, -0.25) is 4.79 Å². The van der Waals surface area contributed by atoms with E-state index in [-0.39, 0.29) is 5.91 Å². The van der Waals surface area contributed by atoms with E-state index in [0.29, 0.717) is 19.1 Å². The van der Waals surface area contributed by atoms with Crippen molar-refractivity contribution in [3.8, 4) is 0 Å². The number of likely N-dealkylation sites (tertiary alicyclic amines) is 1. The third kappa shape index (κ3) is 5.14. The van der Waals surface area contributed by atoms with Gasteiger partial charge in [-0.1, -0.05) is 29.8 Å². The van der Waals surface area contributed by atoms with Gasteiger partial charge >= 0.3 is 0 Å². The Hall–Kier alpha value is -1.39. The second-order valence-electron chi connectivity index (χ2n) is 5.76. The first-order valence-corrected chi connectivity index (χ1v) is 7.84. The molecule has 0 bridgehead atoms. The molecule has 1 aromatic carbocycles. The number of rotatable bonds is 6. The molecule has 1 aliphatic heterocycles. The number of amides is 1. The Morgan fingerprint density at radius 1 is 1.29 bits per heavy atom. The number of hydrogen-bond acceptors (Lipinski definition) is 3. The van der Waals surface area contributed by atoms with Crippen LogP contribution in [-0.2, 0) is 16.0 Å². The maximum Gasteiger partial charge on any atom is 0.226 e. The molecule has 0 aromatic heterocycles. The zero-order chi connectivity index (χ0) is 15.1. The molecule has 1 saturated heterocycles. The molecule has 0 aliphatic carbocycles. The van der Waals surface area contributed by atoms with Gasteiger partial charge in [0, 0.05) is 19.7 Å². The van der Waals surface area contributed by atoms with Crippen LogP contribution in [0.2, 0.25) is 0 Å². The average Bonchev–Trinajstić information content (AvgIpc) is 2.50. The smallest absolute Gasteiger partial charge is 0.226 e. The van der Waals surface area contributed by atoms with Gasteiger partial charge in [-0.2, -0.15) is 0 Å². The first-order valence-electron chi connectivity index (χ1n) is 7.84. The van der Waals surface area contributed by atoms with Gasteiger partial charge in [-0.25, -0.2) is 0 Å². The lowest BCUT2D eigenvalue weighted by atomic mass is 10.1. The van der Waals surface area contributed by atoms with Crippen molar-refractivity contribution in [3.05, 3.63) is 35.4 Å². The second-order valence-corrected chi connectivity index (χ2v) is 5.76. The molecular weight excluding hydrogens is 264 g/mol. The molecule has 4 nitrogen and oxygen atoms in total. The molecule has 2 N–H and O–H groups in total. The molecule has 0 spiro atoms. The van der Waals surface area contributed by atoms with Crippen LogP contribution < -0.4 is 5.73 Å². The maximum atomic E-state index is 12.3. The van der Waals surface area contributed by atoms with E-state index in [1.165, 1.54) is 5.56 Å². The van der Waals surface area contributed by atoms with Gasteiger partial charge in [-0.05, 0) is 38.3 Å². The molecule has 0 radical (unpaired) electrons. The summed E-state index contributed by atoms with van der Waals surface area (Å²) in [4.78, 5) is 14.2. The summed E-state index contributed by atoms with van der Waals surface area (Å²) >= 11 is 0. The number of benzene rings is 1. The van der Waals surface area contributed by atoms with Crippen molar-refractivity contribution < 1.29 is 9.53 Å². The minimum absolute atomic E-state index is 0.222. The molecule has 1 aromatic rings. The average molecular weight is 290 g/mol. The zero-order valence-electron chi connectivity index (χ0n) is 12.9. The number of carbonyl (C=O) groups is 1. The van der Waals surface area contributed by atoms with E-state index in [1.54, 1.807) is 0 Å². The van der Waals surface area contributed by atoms with Gasteiger partial charge in [0.15, 0.2) is 0 Å². The highest BCUT2D eigenvalue weighted by Gasteiger charge is 2.22. The van der Waals surface area contributed by atoms with Gasteiger partial charge < -0.3 is 15.4 Å². The molecule has 1 amide bonds. The number of carbonyl (C=O) groups excluding carboxylic acids is 1. The lowest BCUT2D eigenvalue weighted by Gasteiger charge is -2.32. The first-order chi connectivity index (χ1) is 10.2. The van der Waals surface area contributed by atoms with E-state index in [4.69, 9.17) is 10.5 Å². The van der Waals surface area contributed by atoms with Crippen molar-refractivity contribution in [2.45, 2.75) is 38.7 Å². The fraction of sp³-hybridized carbons (Fsp3) is 0.588. The quantitative estimate of drug-likeness (QED) is 0.814. The molecule has 0 saturated carbocycles. The summed E-state index contributed by atoms with van der Waals surface area (Å²) in [6, 6.07) is 8.19. The van der Waals surface area contributed by atoms with Crippen molar-refractivity contribution in [1.82, 2.24) is 4.90 Å². The van der Waals surface area contributed by atoms with E-state index in [1.807, 2.05) is 17.0 Å². The zero-order valence-corrected chi connectivity index (χ0v) is 12.9. The molecule has 0 unspecified atom stereocenters. The topological polar surface area (TPSA) is 55.6 Å². The van der Waals surface area contributed by atoms with E-state index < -0.39 is 0 Å². The summed E-state index contributed by atoms with van der Waals surface area (Å²) < 4.78 is 5.76. The lowest BCUT2D eigenvalue weighted by Crippen LogP contribution is -2.41. The third-order valence-corrected chi connectivity index (χ3v) is 3.97. The van der Waals surface area contributed by atoms with Crippen molar-refractivity contribution in [2.75, 3.05) is 26.2 Å². The van der Waals surface area contributed by atoms with Crippen LogP contribution in [0.3, 0.4) is 0 Å². The molecule has 0 atom stereocenters. The highest BCUT2D eigenvalue weighted by atomic mass is 16.5. The van der Waals surface area contributed by atoms with E-state index in [0.717, 1.165) is 44.5 Å². The standard InChI is InChI=1S/C17H26N2O2/c1-14-3-5-15(6-4-14)13-17(20)19-10-7-16(8-11-19)21-12-2-9-18/h3-6,16H,2,7-13,18H2,1H3. The third-order valence-electron chi connectivity index (χ3n) is 3.97. The van der Waals surface area contributed by atoms with Crippen LogP contribution in [0.15, 0.2) is 24.3 Å². The van der Waals surface area contributed by atoms with Crippen molar-refractivity contribution in [3.63, 3.8) is 0 Å². The fourth-order valence-electron chi connectivity index (χ4n) is 2.60. The summed E-state index contributed by atoms with van der Waals surface area (Å²) in [5.41, 5.74) is 7.77. The Labute approximate surface area is 127 Å². The Kier molecular flexibility index (Phi) is 6.21. The van der Waals surface area contributed by atoms with Gasteiger partial charge in [0.25, 0.3) is 0 Å². The van der Waals surface area contributed by atoms with Crippen LogP contribution in [0, 0.1) is 6.92 Å². The Balaban J connectivity index is 1.74. The summed E-state index contributed by atoms with van der Waals surface area (Å²) in [5.74, 6) is 0.222. The summed E-state index contributed by atoms with van der Waals surface area (Å²) in [6.45, 7) is 5.07. The highest BCUT2D eigenvalue weighted by Crippen LogP contribution is 2.15. The first kappa shape index (κ1) is 16.0. The summed E-state index contributed by atoms with van der Waals surface area (Å²) in [5, 5.41) is 0. The Morgan fingerprint density at radius 3 is 2.57 bits per heavy atom. The van der Waals surface area contributed by atoms with E-state index in [9.17, 15) is 4.79 Å². The number of nitrogens with zero attached hydrogens (tertiary/aromatic N) is 1. The summed E-state index contributed by atoms with van der Waals surface area (Å²) in [6.07, 6.45) is 3.57. The van der Waals surface area contributed by atoms with Crippen LogP contribution in [0.5, 0.6) is 0 Å². The molecule has 21 heavy (non-hydrogen) atoms. The predicted molar refractivity (Wildman–Crippen MR) is 84.1 cm³/mol. The van der Waals surface area contributed by atoms with Gasteiger partial charge in [0.2, 0.25) is 5.91 Å². The van der Waals surface area contributed by atoms with Crippen molar-refractivity contribution in [2.24, 2.45) is 5.73 Å². The van der Waals surface area contributed by atoms with Crippen LogP contribution in [0.4, 0.5) is 0 Å². The van der Waals surface area contributed by atoms with Crippen LogP contribution in [0.25, 0.3) is 0 Å². The SMILES string of the molecule is Cc1ccc(CC(=O)N2CCC(OCCCN)CC2)cc1. The van der Waals surface area contributed by atoms with E-state index in [2.05, 4.69) is 19.1 Å². The molecule has 2 rings (SSSR count). The molecule has 116 valence electrons. The number of nitrogens with two attached hydrogens (primary N) is 1. The van der Waals surface area contributed by atoms with Gasteiger partial charge in [-0.15, -0.1) is 0 Å². The summed E-state index contributed by atoms with van der Waals surface area (Å²) in [7, 11) is 0. The molecule has 1 fully saturated rings. The fourth-order valence-corrected chi connectivity index (χ4v) is 2.60. The molecule has 4 heteroatoms. The maximum absolute atomic E-state index is 12.3. The van der Waals surface area contributed by atoms with E-state index >= 15 is 0 Å². The lowest BCUT2D eigenvalue weighted by molar-refractivity contribution is -0.133. The predicted octanol–water partition coefficient (Wildman–Crippen LogP) is 1.89. The Bertz CT molecular complexity index is 437. The molecular formula is C17H26N2O2.